The number of aliphatic hydroxyl groups excluding tert-OH is 1. The van der Waals surface area contributed by atoms with Crippen LogP contribution in [0.2, 0.25) is 0 Å². The molecule has 196 valence electrons. The van der Waals surface area contributed by atoms with Crippen molar-refractivity contribution in [3.63, 3.8) is 0 Å². The molecular weight excluding hydrogens is 483 g/mol. The van der Waals surface area contributed by atoms with Gasteiger partial charge in [0.25, 0.3) is 0 Å². The SMILES string of the molecule is C[C@H](CO)N1C[C@H](C)[C@@H](CN(C)Cc2ccc(F)cc2)Oc2cc(C#CC(C)(C)O)ccc2S1(=O)=O. The summed E-state index contributed by atoms with van der Waals surface area (Å²) >= 11 is 0. The number of likely N-dealkylation sites (N-methyl/N-ethyl adjacent to an activating group) is 1. The van der Waals surface area contributed by atoms with Gasteiger partial charge in [0.15, 0.2) is 0 Å². The summed E-state index contributed by atoms with van der Waals surface area (Å²) in [4.78, 5) is 2.05. The molecular formula is C27H35FN2O5S. The van der Waals surface area contributed by atoms with Gasteiger partial charge >= 0.3 is 0 Å². The Labute approximate surface area is 213 Å². The summed E-state index contributed by atoms with van der Waals surface area (Å²) in [7, 11) is -2.02. The monoisotopic (exact) mass is 518 g/mol. The van der Waals surface area contributed by atoms with E-state index in [1.807, 2.05) is 18.9 Å². The van der Waals surface area contributed by atoms with Gasteiger partial charge in [0.2, 0.25) is 10.0 Å². The van der Waals surface area contributed by atoms with Crippen LogP contribution in [0.3, 0.4) is 0 Å². The molecule has 9 heteroatoms. The van der Waals surface area contributed by atoms with E-state index in [0.29, 0.717) is 18.7 Å². The first kappa shape index (κ1) is 28.1. The summed E-state index contributed by atoms with van der Waals surface area (Å²) in [5, 5.41) is 19.7. The quantitative estimate of drug-likeness (QED) is 0.572. The fourth-order valence-electron chi connectivity index (χ4n) is 4.02. The van der Waals surface area contributed by atoms with E-state index in [-0.39, 0.29) is 41.6 Å². The van der Waals surface area contributed by atoms with Gasteiger partial charge in [-0.1, -0.05) is 30.9 Å². The fourth-order valence-corrected chi connectivity index (χ4v) is 5.85. The largest absolute Gasteiger partial charge is 0.487 e. The molecule has 0 fully saturated rings. The van der Waals surface area contributed by atoms with E-state index in [0.717, 1.165) is 5.56 Å². The first-order valence-electron chi connectivity index (χ1n) is 11.9. The summed E-state index contributed by atoms with van der Waals surface area (Å²) in [6.45, 7) is 7.64. The molecule has 0 amide bonds. The lowest BCUT2D eigenvalue weighted by atomic mass is 10.0. The van der Waals surface area contributed by atoms with Crippen molar-refractivity contribution in [2.45, 2.75) is 56.9 Å². The third-order valence-electron chi connectivity index (χ3n) is 6.04. The second-order valence-corrected chi connectivity index (χ2v) is 11.9. The van der Waals surface area contributed by atoms with Crippen LogP contribution in [-0.4, -0.2) is 72.3 Å². The molecule has 0 spiro atoms. The van der Waals surface area contributed by atoms with Crippen molar-refractivity contribution in [2.24, 2.45) is 5.92 Å². The molecule has 0 bridgehead atoms. The number of hydrogen-bond donors (Lipinski definition) is 2. The molecule has 1 aliphatic rings. The minimum atomic E-state index is -3.95. The highest BCUT2D eigenvalue weighted by Gasteiger charge is 2.38. The molecule has 2 N–H and O–H groups in total. The van der Waals surface area contributed by atoms with Crippen LogP contribution in [0.25, 0.3) is 0 Å². The molecule has 3 rings (SSSR count). The second-order valence-electron chi connectivity index (χ2n) is 10.0. The number of hydrogen-bond acceptors (Lipinski definition) is 6. The van der Waals surface area contributed by atoms with Crippen LogP contribution >= 0.6 is 0 Å². The minimum absolute atomic E-state index is 0.00898. The molecule has 36 heavy (non-hydrogen) atoms. The lowest BCUT2D eigenvalue weighted by Gasteiger charge is -2.37. The molecule has 0 aliphatic carbocycles. The Kier molecular flexibility index (Phi) is 8.80. The lowest BCUT2D eigenvalue weighted by Crippen LogP contribution is -2.49. The predicted octanol–water partition coefficient (Wildman–Crippen LogP) is 2.85. The Hall–Kier alpha value is -2.48. The number of nitrogens with zero attached hydrogens (tertiary/aromatic N) is 2. The second kappa shape index (κ2) is 11.3. The number of fused-ring (bicyclic) bond motifs is 1. The van der Waals surface area contributed by atoms with Gasteiger partial charge in [0.05, 0.1) is 6.61 Å². The number of rotatable bonds is 6. The van der Waals surface area contributed by atoms with Crippen LogP contribution < -0.4 is 4.74 Å². The molecule has 7 nitrogen and oxygen atoms in total. The normalized spacial score (nSPS) is 20.9. The van der Waals surface area contributed by atoms with Crippen molar-refractivity contribution in [1.29, 1.82) is 0 Å². The molecule has 1 aliphatic heterocycles. The van der Waals surface area contributed by atoms with Gasteiger partial charge in [-0.15, -0.1) is 0 Å². The Morgan fingerprint density at radius 2 is 1.92 bits per heavy atom. The zero-order valence-corrected chi connectivity index (χ0v) is 22.2. The Morgan fingerprint density at radius 3 is 2.53 bits per heavy atom. The van der Waals surface area contributed by atoms with Crippen LogP contribution in [-0.2, 0) is 16.6 Å². The highest BCUT2D eigenvalue weighted by molar-refractivity contribution is 7.89. The molecule has 0 aromatic heterocycles. The van der Waals surface area contributed by atoms with Crippen LogP contribution in [0.1, 0.15) is 38.8 Å². The van der Waals surface area contributed by atoms with Gasteiger partial charge in [0, 0.05) is 37.2 Å². The lowest BCUT2D eigenvalue weighted by molar-refractivity contribution is 0.0733. The van der Waals surface area contributed by atoms with Gasteiger partial charge in [-0.05, 0) is 63.7 Å². The van der Waals surface area contributed by atoms with Crippen molar-refractivity contribution < 1.29 is 27.8 Å². The summed E-state index contributed by atoms with van der Waals surface area (Å²) in [6, 6.07) is 10.3. The maximum Gasteiger partial charge on any atom is 0.247 e. The van der Waals surface area contributed by atoms with Gasteiger partial charge in [-0.25, -0.2) is 12.8 Å². The highest BCUT2D eigenvalue weighted by atomic mass is 32.2. The highest BCUT2D eigenvalue weighted by Crippen LogP contribution is 2.34. The summed E-state index contributed by atoms with van der Waals surface area (Å²) in [5.41, 5.74) is 0.254. The van der Waals surface area contributed by atoms with E-state index in [2.05, 4.69) is 11.8 Å². The van der Waals surface area contributed by atoms with Gasteiger partial charge in [-0.2, -0.15) is 4.31 Å². The molecule has 3 atom stereocenters. The maximum atomic E-state index is 13.6. The van der Waals surface area contributed by atoms with Crippen molar-refractivity contribution in [3.05, 3.63) is 59.4 Å². The molecule has 0 saturated heterocycles. The van der Waals surface area contributed by atoms with Crippen LogP contribution in [0.5, 0.6) is 5.75 Å². The standard InChI is InChI=1S/C27H35FN2O5S/c1-19-15-30(20(2)18-31)36(33,34)26-11-8-21(12-13-27(3,4)32)14-24(26)35-25(19)17-29(5)16-22-6-9-23(28)10-7-22/h6-11,14,19-20,25,31-32H,15-18H2,1-5H3/t19-,20+,25+/m0/s1. The topological polar surface area (TPSA) is 90.3 Å². The van der Waals surface area contributed by atoms with E-state index < -0.39 is 21.7 Å². The molecule has 1 heterocycles. The van der Waals surface area contributed by atoms with Crippen molar-refractivity contribution in [1.82, 2.24) is 9.21 Å². The van der Waals surface area contributed by atoms with Gasteiger partial charge in [0.1, 0.15) is 28.2 Å². The number of sulfonamides is 1. The first-order chi connectivity index (χ1) is 16.8. The average molecular weight is 519 g/mol. The van der Waals surface area contributed by atoms with E-state index in [1.165, 1.54) is 22.5 Å². The Balaban J connectivity index is 1.99. The Morgan fingerprint density at radius 1 is 1.25 bits per heavy atom. The number of aliphatic hydroxyl groups is 2. The smallest absolute Gasteiger partial charge is 0.247 e. The van der Waals surface area contributed by atoms with Crippen LogP contribution in [0.15, 0.2) is 47.4 Å². The summed E-state index contributed by atoms with van der Waals surface area (Å²) < 4.78 is 48.1. The third-order valence-corrected chi connectivity index (χ3v) is 8.06. The first-order valence-corrected chi connectivity index (χ1v) is 13.4. The zero-order chi connectivity index (χ0) is 26.7. The summed E-state index contributed by atoms with van der Waals surface area (Å²) in [6.07, 6.45) is -0.379. The van der Waals surface area contributed by atoms with Gasteiger partial charge in [-0.3, -0.25) is 4.90 Å². The van der Waals surface area contributed by atoms with Crippen LogP contribution in [0.4, 0.5) is 4.39 Å². The number of halogens is 1. The zero-order valence-electron chi connectivity index (χ0n) is 21.4. The fraction of sp³-hybridized carbons (Fsp3) is 0.481. The van der Waals surface area contributed by atoms with Crippen molar-refractivity contribution in [2.75, 3.05) is 26.7 Å². The third kappa shape index (κ3) is 7.05. The molecule has 2 aromatic rings. The molecule has 0 radical (unpaired) electrons. The molecule has 2 aromatic carbocycles. The number of ether oxygens (including phenoxy) is 1. The van der Waals surface area contributed by atoms with Crippen LogP contribution in [0, 0.1) is 23.6 Å². The molecule has 0 unspecified atom stereocenters. The van der Waals surface area contributed by atoms with E-state index in [1.54, 1.807) is 45.0 Å². The predicted molar refractivity (Wildman–Crippen MR) is 136 cm³/mol. The van der Waals surface area contributed by atoms with E-state index in [4.69, 9.17) is 4.74 Å². The molecule has 0 saturated carbocycles. The Bertz CT molecular complexity index is 1220. The van der Waals surface area contributed by atoms with Gasteiger partial charge < -0.3 is 14.9 Å². The van der Waals surface area contributed by atoms with Crippen molar-refractivity contribution in [3.8, 4) is 17.6 Å². The average Bonchev–Trinajstić information content (AvgIpc) is 2.80. The maximum absolute atomic E-state index is 13.6. The number of benzene rings is 2. The van der Waals surface area contributed by atoms with Crippen molar-refractivity contribution >= 4 is 10.0 Å². The minimum Gasteiger partial charge on any atom is -0.487 e. The van der Waals surface area contributed by atoms with E-state index in [9.17, 15) is 23.0 Å². The summed E-state index contributed by atoms with van der Waals surface area (Å²) in [5.74, 6) is 5.29. The van der Waals surface area contributed by atoms with E-state index >= 15 is 0 Å².